The van der Waals surface area contributed by atoms with E-state index in [9.17, 15) is 22.4 Å². The average molecular weight is 392 g/mol. The van der Waals surface area contributed by atoms with E-state index in [0.717, 1.165) is 0 Å². The smallest absolute Gasteiger partial charge is 0.238 e. The van der Waals surface area contributed by atoms with Crippen LogP contribution in [0.2, 0.25) is 0 Å². The highest BCUT2D eigenvalue weighted by atomic mass is 35.5. The first-order chi connectivity index (χ1) is 11.6. The molecule has 1 aromatic carbocycles. The molecule has 0 bridgehead atoms. The van der Waals surface area contributed by atoms with Crippen molar-refractivity contribution in [1.82, 2.24) is 10.2 Å². The number of benzene rings is 1. The summed E-state index contributed by atoms with van der Waals surface area (Å²) in [5.74, 6) is -1.64. The largest absolute Gasteiger partial charge is 0.350 e. The van der Waals surface area contributed by atoms with Gasteiger partial charge in [-0.1, -0.05) is 6.07 Å². The Morgan fingerprint density at radius 2 is 1.96 bits per heavy atom. The fourth-order valence-corrected chi connectivity index (χ4v) is 5.05. The molecule has 2 N–H and O–H groups in total. The lowest BCUT2D eigenvalue weighted by Gasteiger charge is -2.19. The molecule has 0 spiro atoms. The number of anilines is 1. The first kappa shape index (κ1) is 19.6. The molecule has 138 valence electrons. The first-order valence-corrected chi connectivity index (χ1v) is 9.78. The summed E-state index contributed by atoms with van der Waals surface area (Å²) < 4.78 is 36.0. The highest BCUT2D eigenvalue weighted by Crippen LogP contribution is 2.17. The van der Waals surface area contributed by atoms with Gasteiger partial charge in [-0.25, -0.2) is 12.8 Å². The number of nitrogens with one attached hydrogen (secondary N) is 2. The third-order valence-electron chi connectivity index (χ3n) is 3.57. The fraction of sp³-hybridized carbons (Fsp3) is 0.467. The molecule has 2 rings (SSSR count). The van der Waals surface area contributed by atoms with Crippen LogP contribution in [-0.4, -0.2) is 68.2 Å². The maximum atomic E-state index is 13.1. The van der Waals surface area contributed by atoms with Crippen LogP contribution in [0.15, 0.2) is 24.3 Å². The number of halogens is 2. The monoisotopic (exact) mass is 391 g/mol. The predicted octanol–water partition coefficient (Wildman–Crippen LogP) is 0.217. The van der Waals surface area contributed by atoms with E-state index in [0.29, 0.717) is 5.69 Å². The van der Waals surface area contributed by atoms with Gasteiger partial charge in [-0.05, 0) is 25.2 Å². The number of hydrogen-bond donors (Lipinski definition) is 2. The molecule has 1 aromatic rings. The molecule has 0 aromatic heterocycles. The van der Waals surface area contributed by atoms with Crippen molar-refractivity contribution in [1.29, 1.82) is 0 Å². The quantitative estimate of drug-likeness (QED) is 0.676. The molecule has 0 unspecified atom stereocenters. The Kier molecular flexibility index (Phi) is 6.36. The number of alkyl halides is 1. The number of hydrogen-bond acceptors (Lipinski definition) is 5. The second-order valence-corrected chi connectivity index (χ2v) is 8.71. The van der Waals surface area contributed by atoms with Crippen molar-refractivity contribution in [3.63, 3.8) is 0 Å². The Morgan fingerprint density at radius 1 is 1.28 bits per heavy atom. The second-order valence-electron chi connectivity index (χ2n) is 6.00. The molecular formula is C15H19ClFN3O4S. The molecule has 1 aliphatic heterocycles. The molecular weight excluding hydrogens is 373 g/mol. The average Bonchev–Trinajstić information content (AvgIpc) is 2.70. The van der Waals surface area contributed by atoms with Crippen molar-refractivity contribution >= 4 is 38.9 Å². The molecule has 0 saturated carbocycles. The summed E-state index contributed by atoms with van der Waals surface area (Å²) in [5, 5.41) is 4.44. The molecule has 0 aliphatic carbocycles. The van der Waals surface area contributed by atoms with Crippen molar-refractivity contribution in [3.05, 3.63) is 30.1 Å². The third kappa shape index (κ3) is 6.26. The van der Waals surface area contributed by atoms with E-state index in [1.54, 1.807) is 13.1 Å². The van der Waals surface area contributed by atoms with Crippen LogP contribution < -0.4 is 10.6 Å². The van der Waals surface area contributed by atoms with E-state index in [1.165, 1.54) is 23.1 Å². The summed E-state index contributed by atoms with van der Waals surface area (Å²) in [6, 6.07) is 4.84. The van der Waals surface area contributed by atoms with Crippen LogP contribution in [0.5, 0.6) is 0 Å². The van der Waals surface area contributed by atoms with Crippen LogP contribution in [0.25, 0.3) is 0 Å². The topological polar surface area (TPSA) is 95.6 Å². The lowest BCUT2D eigenvalue weighted by molar-refractivity contribution is -0.123. The van der Waals surface area contributed by atoms with Gasteiger partial charge in [-0.3, -0.25) is 14.5 Å². The number of carbonyl (C=O) groups excluding carboxylic acids is 2. The molecule has 1 aliphatic rings. The summed E-state index contributed by atoms with van der Waals surface area (Å²) in [4.78, 5) is 25.3. The minimum Gasteiger partial charge on any atom is -0.350 e. The number of sulfone groups is 1. The minimum absolute atomic E-state index is 0.0861. The van der Waals surface area contributed by atoms with Gasteiger partial charge in [0.25, 0.3) is 0 Å². The van der Waals surface area contributed by atoms with Gasteiger partial charge in [0.15, 0.2) is 9.84 Å². The summed E-state index contributed by atoms with van der Waals surface area (Å²) in [6.45, 7) is -0.187. The van der Waals surface area contributed by atoms with Gasteiger partial charge in [0.05, 0.1) is 36.0 Å². The van der Waals surface area contributed by atoms with Gasteiger partial charge in [0, 0.05) is 5.69 Å². The Hall–Kier alpha value is -1.71. The molecule has 2 amide bonds. The van der Waals surface area contributed by atoms with Crippen molar-refractivity contribution in [3.8, 4) is 0 Å². The number of nitrogens with zero attached hydrogens (tertiary/aromatic N) is 1. The van der Waals surface area contributed by atoms with Gasteiger partial charge < -0.3 is 10.6 Å². The van der Waals surface area contributed by atoms with Crippen molar-refractivity contribution in [2.24, 2.45) is 0 Å². The lowest BCUT2D eigenvalue weighted by atomic mass is 10.2. The van der Waals surface area contributed by atoms with E-state index >= 15 is 0 Å². The molecule has 7 nitrogen and oxygen atoms in total. The molecule has 10 heteroatoms. The summed E-state index contributed by atoms with van der Waals surface area (Å²) in [7, 11) is -1.67. The van der Waals surface area contributed by atoms with Gasteiger partial charge in [0.1, 0.15) is 5.82 Å². The predicted molar refractivity (Wildman–Crippen MR) is 92.8 cm³/mol. The molecule has 1 saturated heterocycles. The van der Waals surface area contributed by atoms with E-state index < -0.39 is 38.9 Å². The van der Waals surface area contributed by atoms with Crippen molar-refractivity contribution in [2.45, 2.75) is 11.4 Å². The number of amides is 2. The van der Waals surface area contributed by atoms with Gasteiger partial charge >= 0.3 is 0 Å². The van der Waals surface area contributed by atoms with Gasteiger partial charge in [-0.15, -0.1) is 11.6 Å². The zero-order valence-electron chi connectivity index (χ0n) is 13.5. The Bertz CT molecular complexity index is 759. The summed E-state index contributed by atoms with van der Waals surface area (Å²) in [6.07, 6.45) is 0. The maximum absolute atomic E-state index is 13.1. The van der Waals surface area contributed by atoms with Crippen LogP contribution >= 0.6 is 11.6 Å². The Morgan fingerprint density at radius 3 is 2.56 bits per heavy atom. The number of rotatable bonds is 6. The van der Waals surface area contributed by atoms with Crippen LogP contribution in [0.3, 0.4) is 0 Å². The number of carbonyl (C=O) groups is 2. The summed E-state index contributed by atoms with van der Waals surface area (Å²) >= 11 is 5.93. The highest BCUT2D eigenvalue weighted by molar-refractivity contribution is 7.91. The van der Waals surface area contributed by atoms with Gasteiger partial charge in [-0.2, -0.15) is 0 Å². The van der Waals surface area contributed by atoms with Crippen LogP contribution in [-0.2, 0) is 19.4 Å². The van der Waals surface area contributed by atoms with Crippen LogP contribution in [0.4, 0.5) is 10.1 Å². The SMILES string of the molecule is CN(CC(=O)Nc1cccc(F)c1)CC(=O)N[C@@H]1CS(=O)(=O)C[C@@H]1Cl. The van der Waals surface area contributed by atoms with E-state index in [4.69, 9.17) is 11.6 Å². The normalized spacial score (nSPS) is 21.9. The second kappa shape index (κ2) is 8.11. The van der Waals surface area contributed by atoms with E-state index in [2.05, 4.69) is 10.6 Å². The minimum atomic E-state index is -3.23. The maximum Gasteiger partial charge on any atom is 0.238 e. The Labute approximate surface area is 150 Å². The fourth-order valence-electron chi connectivity index (χ4n) is 2.50. The van der Waals surface area contributed by atoms with Crippen molar-refractivity contribution in [2.75, 3.05) is 37.0 Å². The van der Waals surface area contributed by atoms with Crippen LogP contribution in [0, 0.1) is 5.82 Å². The number of likely N-dealkylation sites (N-methyl/N-ethyl adjacent to an activating group) is 1. The molecule has 1 fully saturated rings. The lowest BCUT2D eigenvalue weighted by Crippen LogP contribution is -2.46. The molecule has 0 radical (unpaired) electrons. The Balaban J connectivity index is 1.78. The molecule has 2 atom stereocenters. The highest BCUT2D eigenvalue weighted by Gasteiger charge is 2.37. The standard InChI is InChI=1S/C15H19ClFN3O4S/c1-20(6-14(21)18-11-4-2-3-10(17)5-11)7-15(22)19-13-9-25(23,24)8-12(13)16/h2-5,12-13H,6-9H2,1H3,(H,18,21)(H,19,22)/t12-,13+/m0/s1. The zero-order valence-corrected chi connectivity index (χ0v) is 15.1. The third-order valence-corrected chi connectivity index (χ3v) is 5.94. The summed E-state index contributed by atoms with van der Waals surface area (Å²) in [5.41, 5.74) is 0.323. The zero-order chi connectivity index (χ0) is 18.6. The van der Waals surface area contributed by atoms with Crippen molar-refractivity contribution < 1.29 is 22.4 Å². The molecule has 1 heterocycles. The first-order valence-electron chi connectivity index (χ1n) is 7.52. The van der Waals surface area contributed by atoms with Gasteiger partial charge in [0.2, 0.25) is 11.8 Å². The van der Waals surface area contributed by atoms with Crippen LogP contribution in [0.1, 0.15) is 0 Å². The molecule has 25 heavy (non-hydrogen) atoms. The van der Waals surface area contributed by atoms with E-state index in [1.807, 2.05) is 0 Å². The van der Waals surface area contributed by atoms with E-state index in [-0.39, 0.29) is 24.6 Å².